The maximum Gasteiger partial charge on any atom is 0.316 e. The minimum absolute atomic E-state index is 0.175. The van der Waals surface area contributed by atoms with Crippen LogP contribution < -0.4 is 0 Å². The van der Waals surface area contributed by atoms with Crippen molar-refractivity contribution >= 4 is 50.3 Å². The summed E-state index contributed by atoms with van der Waals surface area (Å²) in [5.41, 5.74) is 2.55. The van der Waals surface area contributed by atoms with E-state index in [2.05, 4.69) is 11.1 Å². The van der Waals surface area contributed by atoms with Crippen molar-refractivity contribution in [2.24, 2.45) is 0 Å². The van der Waals surface area contributed by atoms with Crippen molar-refractivity contribution in [2.75, 3.05) is 5.75 Å². The van der Waals surface area contributed by atoms with Gasteiger partial charge in [-0.3, -0.25) is 4.79 Å². The van der Waals surface area contributed by atoms with E-state index < -0.39 is 0 Å². The van der Waals surface area contributed by atoms with Crippen LogP contribution in [0.3, 0.4) is 0 Å². The van der Waals surface area contributed by atoms with Crippen LogP contribution in [0.25, 0.3) is 21.2 Å². The molecule has 0 unspecified atom stereocenters. The summed E-state index contributed by atoms with van der Waals surface area (Å²) in [5, 5.41) is 3.65. The maximum atomic E-state index is 12.0. The number of carbonyl (C=O) groups excluding carboxylic acids is 1. The Morgan fingerprint density at radius 1 is 1.17 bits per heavy atom. The van der Waals surface area contributed by atoms with E-state index in [1.807, 2.05) is 47.8 Å². The Morgan fingerprint density at radius 3 is 2.92 bits per heavy atom. The number of nitrogens with zero attached hydrogens (tertiary/aromatic N) is 1. The molecule has 4 rings (SSSR count). The number of aromatic nitrogens is 1. The zero-order valence-electron chi connectivity index (χ0n) is 12.6. The molecule has 0 spiro atoms. The first-order chi connectivity index (χ1) is 11.8. The summed E-state index contributed by atoms with van der Waals surface area (Å²) < 4.78 is 12.1. The Kier molecular flexibility index (Phi) is 4.23. The Hall–Kier alpha value is -2.31. The predicted molar refractivity (Wildman–Crippen MR) is 96.4 cm³/mol. The van der Waals surface area contributed by atoms with Crippen LogP contribution >= 0.6 is 23.1 Å². The Bertz CT molecular complexity index is 973. The van der Waals surface area contributed by atoms with E-state index in [4.69, 9.17) is 9.15 Å². The number of hydrogen-bond donors (Lipinski definition) is 0. The number of benzene rings is 2. The van der Waals surface area contributed by atoms with Crippen LogP contribution in [-0.4, -0.2) is 16.7 Å². The molecule has 0 N–H and O–H groups in total. The summed E-state index contributed by atoms with van der Waals surface area (Å²) in [6, 6.07) is 15.6. The molecule has 0 aliphatic heterocycles. The molecule has 0 saturated carbocycles. The molecule has 0 radical (unpaired) electrons. The fraction of sp³-hybridized carbons (Fsp3) is 0.111. The van der Waals surface area contributed by atoms with Gasteiger partial charge in [-0.05, 0) is 29.0 Å². The Balaban J connectivity index is 1.35. The van der Waals surface area contributed by atoms with Crippen molar-refractivity contribution in [3.63, 3.8) is 0 Å². The lowest BCUT2D eigenvalue weighted by Crippen LogP contribution is -2.07. The van der Waals surface area contributed by atoms with E-state index in [1.54, 1.807) is 11.3 Å². The van der Waals surface area contributed by atoms with Crippen LogP contribution in [0.15, 0.2) is 63.6 Å². The maximum absolute atomic E-state index is 12.0. The topological polar surface area (TPSA) is 52.3 Å². The first kappa shape index (κ1) is 15.2. The highest BCUT2D eigenvalue weighted by atomic mass is 32.2. The second-order valence-electron chi connectivity index (χ2n) is 5.15. The number of carbonyl (C=O) groups is 1. The van der Waals surface area contributed by atoms with Gasteiger partial charge in [-0.25, -0.2) is 4.98 Å². The Labute approximate surface area is 146 Å². The van der Waals surface area contributed by atoms with Crippen LogP contribution in [0.5, 0.6) is 0 Å². The van der Waals surface area contributed by atoms with Gasteiger partial charge >= 0.3 is 5.97 Å². The SMILES string of the molecule is O=C(CSc1nc2ccccc2o1)OCc1csc2ccccc12. The lowest BCUT2D eigenvalue weighted by Gasteiger charge is -2.03. The van der Waals surface area contributed by atoms with Crippen LogP contribution in [0, 0.1) is 0 Å². The fourth-order valence-electron chi connectivity index (χ4n) is 2.38. The highest BCUT2D eigenvalue weighted by Gasteiger charge is 2.11. The molecule has 0 fully saturated rings. The summed E-state index contributed by atoms with van der Waals surface area (Å²) in [4.78, 5) is 16.3. The largest absolute Gasteiger partial charge is 0.460 e. The summed E-state index contributed by atoms with van der Waals surface area (Å²) in [5.74, 6) is -0.105. The number of ether oxygens (including phenoxy) is 1. The molecule has 0 atom stereocenters. The highest BCUT2D eigenvalue weighted by Crippen LogP contribution is 2.27. The van der Waals surface area contributed by atoms with Crippen LogP contribution in [0.2, 0.25) is 0 Å². The number of esters is 1. The Morgan fingerprint density at radius 2 is 2.00 bits per heavy atom. The first-order valence-corrected chi connectivity index (χ1v) is 9.25. The van der Waals surface area contributed by atoms with Gasteiger partial charge in [-0.2, -0.15) is 0 Å². The number of rotatable bonds is 5. The molecule has 6 heteroatoms. The normalized spacial score (nSPS) is 11.2. The van der Waals surface area contributed by atoms with Gasteiger partial charge in [0.05, 0.1) is 0 Å². The van der Waals surface area contributed by atoms with E-state index in [0.717, 1.165) is 22.0 Å². The quantitative estimate of drug-likeness (QED) is 0.377. The fourth-order valence-corrected chi connectivity index (χ4v) is 3.96. The summed E-state index contributed by atoms with van der Waals surface area (Å²) in [6.07, 6.45) is 0. The standard InChI is InChI=1S/C18H13NO3S2/c20-17(11-24-18-19-14-6-2-3-7-15(14)22-18)21-9-12-10-23-16-8-4-1-5-13(12)16/h1-8,10H,9,11H2. The molecule has 0 bridgehead atoms. The molecule has 24 heavy (non-hydrogen) atoms. The number of para-hydroxylation sites is 2. The molecular weight excluding hydrogens is 342 g/mol. The van der Waals surface area contributed by atoms with Gasteiger partial charge in [0.1, 0.15) is 17.9 Å². The van der Waals surface area contributed by atoms with Crippen LogP contribution in [0.4, 0.5) is 0 Å². The van der Waals surface area contributed by atoms with Crippen LogP contribution in [0.1, 0.15) is 5.56 Å². The summed E-state index contributed by atoms with van der Waals surface area (Å²) >= 11 is 2.90. The van der Waals surface area contributed by atoms with Crippen molar-refractivity contribution in [2.45, 2.75) is 11.8 Å². The van der Waals surface area contributed by atoms with Crippen molar-refractivity contribution in [3.8, 4) is 0 Å². The van der Waals surface area contributed by atoms with Crippen LogP contribution in [-0.2, 0) is 16.1 Å². The minimum atomic E-state index is -0.280. The van der Waals surface area contributed by atoms with E-state index in [9.17, 15) is 4.79 Å². The molecule has 120 valence electrons. The zero-order valence-corrected chi connectivity index (χ0v) is 14.2. The average Bonchev–Trinajstić information content (AvgIpc) is 3.21. The molecule has 4 nitrogen and oxygen atoms in total. The van der Waals surface area contributed by atoms with Gasteiger partial charge in [-0.1, -0.05) is 42.1 Å². The van der Waals surface area contributed by atoms with Gasteiger partial charge in [0.15, 0.2) is 5.58 Å². The number of oxazole rings is 1. The van der Waals surface area contributed by atoms with Gasteiger partial charge in [0.25, 0.3) is 5.22 Å². The number of thioether (sulfide) groups is 1. The average molecular weight is 355 g/mol. The predicted octanol–water partition coefficient (Wildman–Crippen LogP) is 4.88. The van der Waals surface area contributed by atoms with Gasteiger partial charge in [0, 0.05) is 10.3 Å². The minimum Gasteiger partial charge on any atom is -0.460 e. The van der Waals surface area contributed by atoms with Crippen molar-refractivity contribution in [1.82, 2.24) is 4.98 Å². The van der Waals surface area contributed by atoms with E-state index >= 15 is 0 Å². The molecule has 2 heterocycles. The van der Waals surface area contributed by atoms with E-state index in [-0.39, 0.29) is 18.3 Å². The third kappa shape index (κ3) is 3.16. The van der Waals surface area contributed by atoms with Crippen molar-refractivity contribution < 1.29 is 13.9 Å². The lowest BCUT2D eigenvalue weighted by molar-refractivity contribution is -0.141. The third-order valence-corrected chi connectivity index (χ3v) is 5.35. The summed E-state index contributed by atoms with van der Waals surface area (Å²) in [6.45, 7) is 0.289. The highest BCUT2D eigenvalue weighted by molar-refractivity contribution is 7.99. The molecule has 0 saturated heterocycles. The van der Waals surface area contributed by atoms with E-state index in [1.165, 1.54) is 16.5 Å². The van der Waals surface area contributed by atoms with Gasteiger partial charge in [-0.15, -0.1) is 11.3 Å². The lowest BCUT2D eigenvalue weighted by atomic mass is 10.2. The molecular formula is C18H13NO3S2. The van der Waals surface area contributed by atoms with Gasteiger partial charge < -0.3 is 9.15 Å². The van der Waals surface area contributed by atoms with E-state index in [0.29, 0.717) is 5.22 Å². The molecule has 2 aromatic carbocycles. The third-order valence-electron chi connectivity index (χ3n) is 3.54. The number of fused-ring (bicyclic) bond motifs is 2. The van der Waals surface area contributed by atoms with Gasteiger partial charge in [0.2, 0.25) is 0 Å². The number of hydrogen-bond acceptors (Lipinski definition) is 6. The molecule has 0 aliphatic rings. The molecule has 2 aromatic heterocycles. The number of thiophene rings is 1. The zero-order chi connectivity index (χ0) is 16.4. The van der Waals surface area contributed by atoms with Crippen molar-refractivity contribution in [3.05, 3.63) is 59.5 Å². The molecule has 0 aliphatic carbocycles. The monoisotopic (exact) mass is 355 g/mol. The molecule has 0 amide bonds. The second-order valence-corrected chi connectivity index (χ2v) is 6.99. The smallest absolute Gasteiger partial charge is 0.316 e. The van der Waals surface area contributed by atoms with Crippen molar-refractivity contribution in [1.29, 1.82) is 0 Å². The summed E-state index contributed by atoms with van der Waals surface area (Å²) in [7, 11) is 0. The second kappa shape index (κ2) is 6.67. The molecule has 4 aromatic rings. The first-order valence-electron chi connectivity index (χ1n) is 7.39.